The number of fused-ring (bicyclic) bond motifs is 3. The molecule has 0 amide bonds. The molecule has 0 N–H and O–H groups in total. The van der Waals surface area contributed by atoms with Crippen LogP contribution in [0.4, 0.5) is 17.1 Å². The number of furan rings is 1. The standard InChI is InChI=1S/C51H16B18N4O/c52-28-24(19-14-15-20-23(16-19)74-22-13-7-12-21(25(20)22)51-71-49(17-8-3-1-4-9-17)70-50(72-51)18-10-5-2-6-11-18)29(53)41(65)46(40(28)64)73(48-44(68)38(62)37(61)39(63)45(48)69)47-42(66)32(56)27(33(57)43(47)67)26-30(54)34(58)36(60)35(59)31(26)55/h1-16H. The Morgan fingerprint density at radius 1 is 0.297 bits per heavy atom. The van der Waals surface area contributed by atoms with Crippen molar-refractivity contribution in [2.75, 3.05) is 4.90 Å². The first kappa shape index (κ1) is 51.0. The quantitative estimate of drug-likeness (QED) is 0.142. The molecule has 74 heavy (non-hydrogen) atoms. The lowest BCUT2D eigenvalue weighted by Gasteiger charge is -2.40. The van der Waals surface area contributed by atoms with Crippen molar-refractivity contribution in [2.45, 2.75) is 0 Å². The number of aromatic nitrogens is 3. The highest BCUT2D eigenvalue weighted by Gasteiger charge is 2.30. The van der Waals surface area contributed by atoms with Crippen molar-refractivity contribution in [1.82, 2.24) is 15.0 Å². The van der Waals surface area contributed by atoms with Crippen LogP contribution in [0.5, 0.6) is 0 Å². The number of rotatable bonds is 8. The monoisotopic (exact) mass is 898 g/mol. The van der Waals surface area contributed by atoms with Gasteiger partial charge in [0.25, 0.3) is 0 Å². The maximum atomic E-state index is 7.09. The SMILES string of the molecule is [B]c1c([B])c([B])c(-c2c([B])c([B])c(N(c3c([B])c([B])c([B])c([B])c3[B])c3c([B])c([B])c(-c4ccc5c(c4)oc4cccc(-c6nc(-c7ccccc7)nc(-c7ccccc7)n6)c45)c([B])c3[B])c([B])c2[B])c([B])c1[B]. The van der Waals surface area contributed by atoms with Gasteiger partial charge in [0.15, 0.2) is 17.5 Å². The second-order valence-corrected chi connectivity index (χ2v) is 17.5. The van der Waals surface area contributed by atoms with E-state index < -0.39 is 0 Å². The average Bonchev–Trinajstić information content (AvgIpc) is 3.79. The van der Waals surface area contributed by atoms with Gasteiger partial charge in [-0.25, -0.2) is 15.0 Å². The van der Waals surface area contributed by atoms with Crippen LogP contribution in [0.25, 0.3) is 78.4 Å². The Kier molecular flexibility index (Phi) is 13.3. The van der Waals surface area contributed by atoms with Gasteiger partial charge in [0, 0.05) is 44.5 Å². The highest BCUT2D eigenvalue weighted by Crippen LogP contribution is 2.38. The second-order valence-electron chi connectivity index (χ2n) is 17.5. The number of nitrogens with zero attached hydrogens (tertiary/aromatic N) is 4. The number of hydrogen-bond donors (Lipinski definition) is 0. The Bertz CT molecular complexity index is 3850. The number of benzene rings is 8. The maximum absolute atomic E-state index is 7.09. The van der Waals surface area contributed by atoms with Crippen LogP contribution in [0.3, 0.4) is 0 Å². The minimum atomic E-state index is -0.258. The summed E-state index contributed by atoms with van der Waals surface area (Å²) in [6.45, 7) is 0. The third-order valence-electron chi connectivity index (χ3n) is 13.3. The van der Waals surface area contributed by atoms with Crippen molar-refractivity contribution >= 4 is 279 Å². The summed E-state index contributed by atoms with van der Waals surface area (Å²) in [5.41, 5.74) is 0.871. The highest BCUT2D eigenvalue weighted by molar-refractivity contribution is 6.73. The van der Waals surface area contributed by atoms with E-state index in [9.17, 15) is 0 Å². The Labute approximate surface area is 453 Å². The summed E-state index contributed by atoms with van der Waals surface area (Å²) >= 11 is 0. The number of anilines is 3. The van der Waals surface area contributed by atoms with Crippen molar-refractivity contribution in [3.63, 3.8) is 0 Å². The molecule has 0 spiro atoms. The zero-order chi connectivity index (χ0) is 52.9. The summed E-state index contributed by atoms with van der Waals surface area (Å²) in [5, 5.41) is 1.47. The molecule has 2 aromatic heterocycles. The zero-order valence-electron chi connectivity index (χ0n) is 39.3. The minimum absolute atomic E-state index is 0.00955. The van der Waals surface area contributed by atoms with Gasteiger partial charge < -0.3 is 9.32 Å². The molecule has 0 fully saturated rings. The second kappa shape index (κ2) is 19.3. The van der Waals surface area contributed by atoms with Gasteiger partial charge in [-0.05, 0) is 40.5 Å². The molecule has 36 radical (unpaired) electrons. The molecule has 0 aliphatic carbocycles. The van der Waals surface area contributed by atoms with Crippen LogP contribution >= 0.6 is 0 Å². The summed E-state index contributed by atoms with van der Waals surface area (Å²) in [4.78, 5) is 16.1. The van der Waals surface area contributed by atoms with Crippen LogP contribution < -0.4 is 103 Å². The summed E-state index contributed by atoms with van der Waals surface area (Å²) in [5.74, 6) is 1.43. The van der Waals surface area contributed by atoms with Gasteiger partial charge in [-0.1, -0.05) is 144 Å². The predicted molar refractivity (Wildman–Crippen MR) is 326 cm³/mol. The van der Waals surface area contributed by atoms with E-state index in [0.29, 0.717) is 39.8 Å². The fraction of sp³-hybridized carbons (Fsp3) is 0. The van der Waals surface area contributed by atoms with E-state index in [2.05, 4.69) is 0 Å². The third-order valence-corrected chi connectivity index (χ3v) is 13.3. The van der Waals surface area contributed by atoms with E-state index in [-0.39, 0.29) is 132 Å². The van der Waals surface area contributed by atoms with E-state index in [1.165, 1.54) is 4.90 Å². The molecule has 0 atom stereocenters. The van der Waals surface area contributed by atoms with Crippen molar-refractivity contribution in [2.24, 2.45) is 0 Å². The molecule has 10 rings (SSSR count). The van der Waals surface area contributed by atoms with E-state index >= 15 is 0 Å². The van der Waals surface area contributed by atoms with Crippen LogP contribution in [0.1, 0.15) is 0 Å². The molecular weight excluding hydrogens is 879 g/mol. The molecule has 0 bridgehead atoms. The minimum Gasteiger partial charge on any atom is -0.456 e. The molecule has 0 saturated carbocycles. The number of hydrogen-bond acceptors (Lipinski definition) is 5. The Morgan fingerprint density at radius 2 is 0.662 bits per heavy atom. The first-order valence-electron chi connectivity index (χ1n) is 22.4. The third kappa shape index (κ3) is 8.02. The van der Waals surface area contributed by atoms with E-state index in [4.69, 9.17) is 161 Å². The van der Waals surface area contributed by atoms with Gasteiger partial charge in [-0.15, -0.1) is 32.8 Å². The Balaban J connectivity index is 1.17. The first-order valence-corrected chi connectivity index (χ1v) is 22.4. The van der Waals surface area contributed by atoms with Crippen molar-refractivity contribution in [3.8, 4) is 56.4 Å². The van der Waals surface area contributed by atoms with Crippen LogP contribution in [0.15, 0.2) is 101 Å². The molecule has 23 heteroatoms. The van der Waals surface area contributed by atoms with Gasteiger partial charge in [0.1, 0.15) is 152 Å². The van der Waals surface area contributed by atoms with E-state index in [1.807, 2.05) is 84.9 Å². The van der Waals surface area contributed by atoms with Crippen molar-refractivity contribution < 1.29 is 4.42 Å². The molecular formula is C51H16B18N4O. The van der Waals surface area contributed by atoms with Gasteiger partial charge >= 0.3 is 0 Å². The molecule has 2 heterocycles. The Morgan fingerprint density at radius 3 is 1.11 bits per heavy atom. The maximum Gasteiger partial charge on any atom is 0.164 e. The zero-order valence-corrected chi connectivity index (χ0v) is 39.3. The summed E-state index contributed by atoms with van der Waals surface area (Å²) in [6.07, 6.45) is 0. The lowest BCUT2D eigenvalue weighted by atomic mass is 9.56. The van der Waals surface area contributed by atoms with Gasteiger partial charge in [0.05, 0.1) is 0 Å². The van der Waals surface area contributed by atoms with E-state index in [1.54, 1.807) is 12.1 Å². The lowest BCUT2D eigenvalue weighted by molar-refractivity contribution is 0.669. The van der Waals surface area contributed by atoms with E-state index in [0.717, 1.165) is 21.9 Å². The molecule has 0 unspecified atom stereocenters. The molecule has 10 aromatic rings. The smallest absolute Gasteiger partial charge is 0.164 e. The summed E-state index contributed by atoms with van der Waals surface area (Å²) in [7, 11) is 120. The summed E-state index contributed by atoms with van der Waals surface area (Å²) < 4.78 is 6.53. The van der Waals surface area contributed by atoms with Crippen LogP contribution in [-0.2, 0) is 0 Å². The predicted octanol–water partition coefficient (Wildman–Crippen LogP) is -8.14. The first-order chi connectivity index (χ1) is 35.2. The van der Waals surface area contributed by atoms with Crippen LogP contribution in [0, 0.1) is 0 Å². The van der Waals surface area contributed by atoms with Gasteiger partial charge in [-0.3, -0.25) is 0 Å². The summed E-state index contributed by atoms with van der Waals surface area (Å²) in [6, 6.07) is 30.4. The largest absolute Gasteiger partial charge is 0.456 e. The van der Waals surface area contributed by atoms with Crippen molar-refractivity contribution in [1.29, 1.82) is 0 Å². The fourth-order valence-electron chi connectivity index (χ4n) is 9.32. The molecule has 0 aliphatic rings. The molecule has 300 valence electrons. The lowest BCUT2D eigenvalue weighted by Crippen LogP contribution is -2.59. The van der Waals surface area contributed by atoms with Gasteiger partial charge in [0.2, 0.25) is 0 Å². The average molecular weight is 895 g/mol. The van der Waals surface area contributed by atoms with Crippen LogP contribution in [0.2, 0.25) is 0 Å². The highest BCUT2D eigenvalue weighted by atomic mass is 16.3. The molecule has 0 saturated heterocycles. The normalized spacial score (nSPS) is 11.4. The molecule has 0 aliphatic heterocycles. The molecule has 8 aromatic carbocycles. The fourth-order valence-corrected chi connectivity index (χ4v) is 9.32. The molecule has 5 nitrogen and oxygen atoms in total. The van der Waals surface area contributed by atoms with Crippen LogP contribution in [-0.4, -0.2) is 156 Å². The van der Waals surface area contributed by atoms with Crippen molar-refractivity contribution in [3.05, 3.63) is 97.1 Å². The topological polar surface area (TPSA) is 55.1 Å². The van der Waals surface area contributed by atoms with Gasteiger partial charge in [-0.2, -0.15) is 0 Å². The Hall–Kier alpha value is -6.46.